The van der Waals surface area contributed by atoms with Gasteiger partial charge < -0.3 is 15.4 Å². The first kappa shape index (κ1) is 12.8. The number of hydrogen-bond acceptors (Lipinski definition) is 3. The van der Waals surface area contributed by atoms with Crippen molar-refractivity contribution in [3.05, 3.63) is 0 Å². The standard InChI is InChI=1S/C13H24N2O2/c1-14-10-13(5-2-6-13)12(16)15-9-11-3-7-17-8-4-11/h11,14H,2-10H2,1H3,(H,15,16). The molecule has 4 heteroatoms. The average molecular weight is 240 g/mol. The van der Waals surface area contributed by atoms with Crippen LogP contribution in [0.25, 0.3) is 0 Å². The summed E-state index contributed by atoms with van der Waals surface area (Å²) in [5.41, 5.74) is -0.111. The number of carbonyl (C=O) groups excluding carboxylic acids is 1. The Labute approximate surface area is 103 Å². The minimum Gasteiger partial charge on any atom is -0.381 e. The normalized spacial score (nSPS) is 24.1. The van der Waals surface area contributed by atoms with Crippen molar-refractivity contribution < 1.29 is 9.53 Å². The maximum absolute atomic E-state index is 12.2. The van der Waals surface area contributed by atoms with E-state index in [-0.39, 0.29) is 11.3 Å². The molecule has 0 aromatic carbocycles. The molecule has 0 unspecified atom stereocenters. The van der Waals surface area contributed by atoms with Crippen molar-refractivity contribution in [3.63, 3.8) is 0 Å². The van der Waals surface area contributed by atoms with E-state index in [1.54, 1.807) is 0 Å². The van der Waals surface area contributed by atoms with Crippen LogP contribution >= 0.6 is 0 Å². The second-order valence-corrected chi connectivity index (χ2v) is 5.43. The van der Waals surface area contributed by atoms with Gasteiger partial charge in [-0.05, 0) is 38.6 Å². The Kier molecular flexibility index (Phi) is 4.40. The summed E-state index contributed by atoms with van der Waals surface area (Å²) in [6, 6.07) is 0. The second-order valence-electron chi connectivity index (χ2n) is 5.43. The molecule has 0 aromatic rings. The Balaban J connectivity index is 1.75. The van der Waals surface area contributed by atoms with Crippen molar-refractivity contribution in [2.75, 3.05) is 33.4 Å². The Bertz CT molecular complexity index is 258. The lowest BCUT2D eigenvalue weighted by Crippen LogP contribution is -2.51. The van der Waals surface area contributed by atoms with E-state index in [2.05, 4.69) is 10.6 Å². The number of rotatable bonds is 5. The lowest BCUT2D eigenvalue weighted by Gasteiger charge is -2.40. The van der Waals surface area contributed by atoms with Crippen LogP contribution in [-0.4, -0.2) is 39.3 Å². The van der Waals surface area contributed by atoms with Gasteiger partial charge >= 0.3 is 0 Å². The van der Waals surface area contributed by atoms with Crippen LogP contribution in [0.3, 0.4) is 0 Å². The molecule has 0 spiro atoms. The SMILES string of the molecule is CNCC1(C(=O)NCC2CCOCC2)CCC1. The van der Waals surface area contributed by atoms with Crippen molar-refractivity contribution in [1.29, 1.82) is 0 Å². The zero-order chi connectivity index (χ0) is 12.1. The van der Waals surface area contributed by atoms with E-state index in [0.717, 1.165) is 52.0 Å². The van der Waals surface area contributed by atoms with Crippen molar-refractivity contribution in [2.24, 2.45) is 11.3 Å². The number of hydrogen-bond donors (Lipinski definition) is 2. The fourth-order valence-corrected chi connectivity index (χ4v) is 2.80. The predicted molar refractivity (Wildman–Crippen MR) is 66.8 cm³/mol. The van der Waals surface area contributed by atoms with Crippen molar-refractivity contribution in [2.45, 2.75) is 32.1 Å². The van der Waals surface area contributed by atoms with Gasteiger partial charge in [0.2, 0.25) is 5.91 Å². The molecule has 0 bridgehead atoms. The van der Waals surface area contributed by atoms with Crippen LogP contribution in [0.15, 0.2) is 0 Å². The van der Waals surface area contributed by atoms with Crippen LogP contribution in [0.1, 0.15) is 32.1 Å². The fraction of sp³-hybridized carbons (Fsp3) is 0.923. The van der Waals surface area contributed by atoms with Gasteiger partial charge in [-0.1, -0.05) is 6.42 Å². The van der Waals surface area contributed by atoms with Crippen molar-refractivity contribution in [1.82, 2.24) is 10.6 Å². The molecule has 0 atom stereocenters. The molecule has 0 radical (unpaired) electrons. The molecule has 0 aromatic heterocycles. The Morgan fingerprint density at radius 2 is 2.06 bits per heavy atom. The summed E-state index contributed by atoms with van der Waals surface area (Å²) in [6.07, 6.45) is 5.42. The molecule has 1 aliphatic heterocycles. The molecule has 2 aliphatic rings. The minimum absolute atomic E-state index is 0.111. The maximum atomic E-state index is 12.2. The van der Waals surface area contributed by atoms with E-state index in [1.807, 2.05) is 7.05 Å². The summed E-state index contributed by atoms with van der Waals surface area (Å²) in [5, 5.41) is 6.29. The van der Waals surface area contributed by atoms with Gasteiger partial charge in [0.25, 0.3) is 0 Å². The van der Waals surface area contributed by atoms with Gasteiger partial charge in [-0.3, -0.25) is 4.79 Å². The van der Waals surface area contributed by atoms with E-state index in [1.165, 1.54) is 6.42 Å². The minimum atomic E-state index is -0.111. The first-order valence-electron chi connectivity index (χ1n) is 6.77. The molecule has 2 fully saturated rings. The second kappa shape index (κ2) is 5.83. The van der Waals surface area contributed by atoms with Gasteiger partial charge in [0.15, 0.2) is 0 Å². The molecule has 98 valence electrons. The van der Waals surface area contributed by atoms with Gasteiger partial charge in [0.1, 0.15) is 0 Å². The summed E-state index contributed by atoms with van der Waals surface area (Å²) in [7, 11) is 1.92. The largest absolute Gasteiger partial charge is 0.381 e. The Morgan fingerprint density at radius 3 is 2.59 bits per heavy atom. The highest BCUT2D eigenvalue weighted by molar-refractivity contribution is 5.83. The molecule has 4 nitrogen and oxygen atoms in total. The summed E-state index contributed by atoms with van der Waals surface area (Å²) >= 11 is 0. The van der Waals surface area contributed by atoms with Crippen LogP contribution in [-0.2, 0) is 9.53 Å². The molecular formula is C13H24N2O2. The van der Waals surface area contributed by atoms with Crippen LogP contribution < -0.4 is 10.6 Å². The quantitative estimate of drug-likeness (QED) is 0.751. The first-order chi connectivity index (χ1) is 8.27. The maximum Gasteiger partial charge on any atom is 0.227 e. The van der Waals surface area contributed by atoms with Crippen LogP contribution in [0.2, 0.25) is 0 Å². The molecule has 1 heterocycles. The lowest BCUT2D eigenvalue weighted by molar-refractivity contribution is -0.136. The molecule has 2 rings (SSSR count). The van der Waals surface area contributed by atoms with E-state index in [9.17, 15) is 4.79 Å². The molecule has 2 N–H and O–H groups in total. The summed E-state index contributed by atoms with van der Waals surface area (Å²) in [4.78, 5) is 12.2. The highest BCUT2D eigenvalue weighted by Crippen LogP contribution is 2.40. The fourth-order valence-electron chi connectivity index (χ4n) is 2.80. The lowest BCUT2D eigenvalue weighted by atomic mass is 9.68. The highest BCUT2D eigenvalue weighted by atomic mass is 16.5. The molecule has 1 saturated carbocycles. The average Bonchev–Trinajstić information content (AvgIpc) is 2.32. The summed E-state index contributed by atoms with van der Waals surface area (Å²) in [6.45, 7) is 3.34. The summed E-state index contributed by atoms with van der Waals surface area (Å²) < 4.78 is 5.32. The van der Waals surface area contributed by atoms with Crippen LogP contribution in [0, 0.1) is 11.3 Å². The molecule has 17 heavy (non-hydrogen) atoms. The molecule has 1 saturated heterocycles. The van der Waals surface area contributed by atoms with E-state index in [0.29, 0.717) is 5.92 Å². The van der Waals surface area contributed by atoms with Gasteiger partial charge in [-0.15, -0.1) is 0 Å². The third-order valence-corrected chi connectivity index (χ3v) is 4.20. The van der Waals surface area contributed by atoms with Gasteiger partial charge in [-0.25, -0.2) is 0 Å². The van der Waals surface area contributed by atoms with Crippen LogP contribution in [0.4, 0.5) is 0 Å². The Morgan fingerprint density at radius 1 is 1.35 bits per heavy atom. The first-order valence-corrected chi connectivity index (χ1v) is 6.77. The van der Waals surface area contributed by atoms with Gasteiger partial charge in [0, 0.05) is 26.3 Å². The number of carbonyl (C=O) groups is 1. The monoisotopic (exact) mass is 240 g/mol. The number of amides is 1. The number of ether oxygens (including phenoxy) is 1. The van der Waals surface area contributed by atoms with Crippen molar-refractivity contribution in [3.8, 4) is 0 Å². The van der Waals surface area contributed by atoms with Crippen molar-refractivity contribution >= 4 is 5.91 Å². The molecule has 1 amide bonds. The molecular weight excluding hydrogens is 216 g/mol. The smallest absolute Gasteiger partial charge is 0.227 e. The molecule has 1 aliphatic carbocycles. The zero-order valence-electron chi connectivity index (χ0n) is 10.8. The zero-order valence-corrected chi connectivity index (χ0v) is 10.8. The topological polar surface area (TPSA) is 50.4 Å². The highest BCUT2D eigenvalue weighted by Gasteiger charge is 2.43. The van der Waals surface area contributed by atoms with E-state index >= 15 is 0 Å². The predicted octanol–water partition coefficient (Wildman–Crippen LogP) is 0.919. The third kappa shape index (κ3) is 2.99. The van der Waals surface area contributed by atoms with Crippen LogP contribution in [0.5, 0.6) is 0 Å². The van der Waals surface area contributed by atoms with E-state index < -0.39 is 0 Å². The van der Waals surface area contributed by atoms with E-state index in [4.69, 9.17) is 4.74 Å². The Hall–Kier alpha value is -0.610. The van der Waals surface area contributed by atoms with Gasteiger partial charge in [-0.2, -0.15) is 0 Å². The summed E-state index contributed by atoms with van der Waals surface area (Å²) in [5.74, 6) is 0.865. The number of nitrogens with one attached hydrogen (secondary N) is 2. The third-order valence-electron chi connectivity index (χ3n) is 4.20. The van der Waals surface area contributed by atoms with Gasteiger partial charge in [0.05, 0.1) is 5.41 Å².